The van der Waals surface area contributed by atoms with Gasteiger partial charge >= 0.3 is 0 Å². The molecule has 0 fully saturated rings. The average molecular weight is 357 g/mol. The number of ether oxygens (including phenoxy) is 2. The SMILES string of the molecule is COc1cccc(OC)c1C(Cc1sccc1Br)NN. The number of hydrogen-bond donors (Lipinski definition) is 2. The molecule has 6 heteroatoms. The Hall–Kier alpha value is -1.08. The Morgan fingerprint density at radius 3 is 2.35 bits per heavy atom. The molecule has 0 radical (unpaired) electrons. The van der Waals surface area contributed by atoms with Gasteiger partial charge in [0.15, 0.2) is 0 Å². The Kier molecular flexibility index (Phi) is 5.42. The summed E-state index contributed by atoms with van der Waals surface area (Å²) in [6, 6.07) is 7.66. The minimum absolute atomic E-state index is 0.0870. The summed E-state index contributed by atoms with van der Waals surface area (Å²) in [5.41, 5.74) is 3.79. The number of benzene rings is 1. The molecule has 0 amide bonds. The van der Waals surface area contributed by atoms with Gasteiger partial charge in [0.2, 0.25) is 0 Å². The zero-order valence-corrected chi connectivity index (χ0v) is 13.8. The van der Waals surface area contributed by atoms with Crippen molar-refractivity contribution in [3.63, 3.8) is 0 Å². The van der Waals surface area contributed by atoms with Crippen LogP contribution in [-0.4, -0.2) is 14.2 Å². The third-order valence-electron chi connectivity index (χ3n) is 3.10. The van der Waals surface area contributed by atoms with E-state index in [0.717, 1.165) is 28.0 Å². The predicted octanol–water partition coefficient (Wildman–Crippen LogP) is 3.27. The summed E-state index contributed by atoms with van der Waals surface area (Å²) < 4.78 is 12.0. The molecule has 0 aliphatic rings. The fourth-order valence-electron chi connectivity index (χ4n) is 2.12. The highest BCUT2D eigenvalue weighted by Gasteiger charge is 2.21. The number of thiophene rings is 1. The van der Waals surface area contributed by atoms with Crippen molar-refractivity contribution in [2.45, 2.75) is 12.5 Å². The van der Waals surface area contributed by atoms with E-state index in [0.29, 0.717) is 0 Å². The van der Waals surface area contributed by atoms with Crippen LogP contribution in [0.4, 0.5) is 0 Å². The monoisotopic (exact) mass is 356 g/mol. The Balaban J connectivity index is 2.38. The van der Waals surface area contributed by atoms with Crippen molar-refractivity contribution >= 4 is 27.3 Å². The minimum atomic E-state index is -0.0870. The molecule has 2 rings (SSSR count). The van der Waals surface area contributed by atoms with E-state index in [4.69, 9.17) is 15.3 Å². The highest BCUT2D eigenvalue weighted by atomic mass is 79.9. The quantitative estimate of drug-likeness (QED) is 0.615. The maximum atomic E-state index is 5.75. The fraction of sp³-hybridized carbons (Fsp3) is 0.286. The second-order valence-corrected chi connectivity index (χ2v) is 6.05. The van der Waals surface area contributed by atoms with Gasteiger partial charge in [-0.3, -0.25) is 11.3 Å². The number of halogens is 1. The molecule has 1 heterocycles. The lowest BCUT2D eigenvalue weighted by Gasteiger charge is -2.21. The van der Waals surface area contributed by atoms with Crippen molar-refractivity contribution in [3.8, 4) is 11.5 Å². The van der Waals surface area contributed by atoms with Crippen molar-refractivity contribution in [1.29, 1.82) is 0 Å². The van der Waals surface area contributed by atoms with E-state index in [1.807, 2.05) is 29.6 Å². The van der Waals surface area contributed by atoms with Crippen LogP contribution in [0.2, 0.25) is 0 Å². The molecule has 1 aromatic carbocycles. The van der Waals surface area contributed by atoms with Crippen molar-refractivity contribution in [1.82, 2.24) is 5.43 Å². The molecule has 1 aromatic heterocycles. The zero-order valence-electron chi connectivity index (χ0n) is 11.4. The van der Waals surface area contributed by atoms with Gasteiger partial charge < -0.3 is 9.47 Å². The van der Waals surface area contributed by atoms with Gasteiger partial charge in [0.05, 0.1) is 25.8 Å². The number of hydrogen-bond acceptors (Lipinski definition) is 5. The summed E-state index contributed by atoms with van der Waals surface area (Å²) >= 11 is 5.24. The normalized spacial score (nSPS) is 12.2. The van der Waals surface area contributed by atoms with Crippen LogP contribution in [0.1, 0.15) is 16.5 Å². The Morgan fingerprint density at radius 2 is 1.90 bits per heavy atom. The second kappa shape index (κ2) is 7.08. The van der Waals surface area contributed by atoms with E-state index in [-0.39, 0.29) is 6.04 Å². The third kappa shape index (κ3) is 3.15. The highest BCUT2D eigenvalue weighted by Crippen LogP contribution is 2.37. The average Bonchev–Trinajstić information content (AvgIpc) is 2.89. The molecular weight excluding hydrogens is 340 g/mol. The van der Waals surface area contributed by atoms with Crippen LogP contribution in [0.5, 0.6) is 11.5 Å². The Bertz CT molecular complexity index is 552. The van der Waals surface area contributed by atoms with Crippen LogP contribution in [0, 0.1) is 0 Å². The van der Waals surface area contributed by atoms with Gasteiger partial charge in [-0.15, -0.1) is 11.3 Å². The molecule has 108 valence electrons. The van der Waals surface area contributed by atoms with Gasteiger partial charge in [-0.25, -0.2) is 0 Å². The van der Waals surface area contributed by atoms with E-state index >= 15 is 0 Å². The van der Waals surface area contributed by atoms with E-state index in [9.17, 15) is 0 Å². The van der Waals surface area contributed by atoms with Gasteiger partial charge in [-0.1, -0.05) is 6.07 Å². The first-order valence-electron chi connectivity index (χ1n) is 6.10. The molecule has 2 aromatic rings. The summed E-state index contributed by atoms with van der Waals surface area (Å²) in [6.45, 7) is 0. The van der Waals surface area contributed by atoms with Crippen LogP contribution < -0.4 is 20.7 Å². The predicted molar refractivity (Wildman–Crippen MR) is 85.3 cm³/mol. The number of hydrazine groups is 1. The maximum Gasteiger partial charge on any atom is 0.127 e. The number of rotatable bonds is 6. The summed E-state index contributed by atoms with van der Waals surface area (Å²) in [4.78, 5) is 1.22. The minimum Gasteiger partial charge on any atom is -0.496 e. The standard InChI is InChI=1S/C14H17BrN2O2S/c1-18-11-4-3-5-12(19-2)14(11)10(17-16)8-13-9(15)6-7-20-13/h3-7,10,17H,8,16H2,1-2H3. The molecule has 3 N–H and O–H groups in total. The van der Waals surface area contributed by atoms with E-state index in [1.54, 1.807) is 25.6 Å². The van der Waals surface area contributed by atoms with E-state index in [1.165, 1.54) is 4.88 Å². The molecule has 0 aliphatic heterocycles. The lowest BCUT2D eigenvalue weighted by Crippen LogP contribution is -2.30. The fourth-order valence-corrected chi connectivity index (χ4v) is 3.69. The lowest BCUT2D eigenvalue weighted by atomic mass is 10.0. The molecule has 1 unspecified atom stereocenters. The van der Waals surface area contributed by atoms with Gasteiger partial charge in [-0.05, 0) is 39.5 Å². The van der Waals surface area contributed by atoms with Gasteiger partial charge in [0.1, 0.15) is 11.5 Å². The largest absolute Gasteiger partial charge is 0.496 e. The first-order chi connectivity index (χ1) is 9.71. The third-order valence-corrected chi connectivity index (χ3v) is 5.04. The first kappa shape index (κ1) is 15.3. The summed E-state index contributed by atoms with van der Waals surface area (Å²) in [6.07, 6.45) is 0.755. The van der Waals surface area contributed by atoms with Crippen molar-refractivity contribution in [2.75, 3.05) is 14.2 Å². The summed E-state index contributed by atoms with van der Waals surface area (Å²) in [5.74, 6) is 7.27. The van der Waals surface area contributed by atoms with E-state index in [2.05, 4.69) is 21.4 Å². The number of methoxy groups -OCH3 is 2. The molecule has 0 spiro atoms. The zero-order chi connectivity index (χ0) is 14.5. The topological polar surface area (TPSA) is 56.5 Å². The molecule has 0 saturated heterocycles. The lowest BCUT2D eigenvalue weighted by molar-refractivity contribution is 0.370. The highest BCUT2D eigenvalue weighted by molar-refractivity contribution is 9.10. The van der Waals surface area contributed by atoms with Crippen LogP contribution in [0.15, 0.2) is 34.1 Å². The molecule has 4 nitrogen and oxygen atoms in total. The van der Waals surface area contributed by atoms with Gasteiger partial charge in [0.25, 0.3) is 0 Å². The van der Waals surface area contributed by atoms with Crippen LogP contribution >= 0.6 is 27.3 Å². The van der Waals surface area contributed by atoms with Crippen molar-refractivity contribution in [3.05, 3.63) is 44.6 Å². The smallest absolute Gasteiger partial charge is 0.127 e. The van der Waals surface area contributed by atoms with Gasteiger partial charge in [-0.2, -0.15) is 0 Å². The van der Waals surface area contributed by atoms with Crippen LogP contribution in [0.3, 0.4) is 0 Å². The molecule has 1 atom stereocenters. The van der Waals surface area contributed by atoms with Crippen LogP contribution in [0.25, 0.3) is 0 Å². The van der Waals surface area contributed by atoms with Crippen molar-refractivity contribution < 1.29 is 9.47 Å². The first-order valence-corrected chi connectivity index (χ1v) is 7.77. The summed E-state index contributed by atoms with van der Waals surface area (Å²) in [5, 5.41) is 2.05. The van der Waals surface area contributed by atoms with Crippen LogP contribution in [-0.2, 0) is 6.42 Å². The van der Waals surface area contributed by atoms with E-state index < -0.39 is 0 Å². The van der Waals surface area contributed by atoms with Gasteiger partial charge in [0, 0.05) is 15.8 Å². The second-order valence-electron chi connectivity index (χ2n) is 4.19. The molecule has 0 aliphatic carbocycles. The Morgan fingerprint density at radius 1 is 1.25 bits per heavy atom. The van der Waals surface area contributed by atoms with Crippen molar-refractivity contribution in [2.24, 2.45) is 5.84 Å². The molecule has 20 heavy (non-hydrogen) atoms. The molecule has 0 saturated carbocycles. The maximum absolute atomic E-state index is 5.75. The summed E-state index contributed by atoms with van der Waals surface area (Å²) in [7, 11) is 3.29. The number of nitrogens with one attached hydrogen (secondary N) is 1. The molecular formula is C14H17BrN2O2S. The molecule has 0 bridgehead atoms. The number of nitrogens with two attached hydrogens (primary N) is 1. The Labute approximate surface area is 131 Å².